The molecule has 4 nitrogen and oxygen atoms in total. The molecule has 1 aliphatic heterocycles. The molecule has 1 N–H and O–H groups in total. The molecule has 1 heterocycles. The van der Waals surface area contributed by atoms with Gasteiger partial charge in [0, 0.05) is 18.7 Å². The zero-order chi connectivity index (χ0) is 17.6. The number of amides is 1. The first kappa shape index (κ1) is 15.8. The number of hydrogen-bond donors (Lipinski definition) is 1. The van der Waals surface area contributed by atoms with Gasteiger partial charge in [-0.2, -0.15) is 0 Å². The fourth-order valence-corrected chi connectivity index (χ4v) is 3.85. The summed E-state index contributed by atoms with van der Waals surface area (Å²) in [6, 6.07) is 13.7. The third kappa shape index (κ3) is 2.51. The zero-order valence-corrected chi connectivity index (χ0v) is 13.6. The highest BCUT2D eigenvalue weighted by Gasteiger charge is 2.55. The van der Waals surface area contributed by atoms with Crippen molar-refractivity contribution in [2.75, 3.05) is 6.54 Å². The monoisotopic (exact) mass is 339 g/mol. The maximum Gasteiger partial charge on any atom is 0.312 e. The molecule has 0 aromatic heterocycles. The molecule has 128 valence electrons. The van der Waals surface area contributed by atoms with E-state index in [1.54, 1.807) is 29.2 Å². The summed E-state index contributed by atoms with van der Waals surface area (Å²) in [6.45, 7) is 0.496. The van der Waals surface area contributed by atoms with Gasteiger partial charge in [0.2, 0.25) is 5.91 Å². The van der Waals surface area contributed by atoms with Crippen LogP contribution in [0.5, 0.6) is 0 Å². The molecule has 1 aliphatic carbocycles. The van der Waals surface area contributed by atoms with Crippen molar-refractivity contribution in [3.8, 4) is 0 Å². The second-order valence-corrected chi connectivity index (χ2v) is 6.84. The SMILES string of the molecule is O=C(O)C1CN(C(=O)C2(c3ccccc3F)CC2)Cc2ccccc21. The lowest BCUT2D eigenvalue weighted by Gasteiger charge is -2.35. The first-order chi connectivity index (χ1) is 12.0. The summed E-state index contributed by atoms with van der Waals surface area (Å²) in [5.41, 5.74) is 1.19. The van der Waals surface area contributed by atoms with Gasteiger partial charge in [-0.3, -0.25) is 9.59 Å². The maximum atomic E-state index is 14.2. The molecule has 5 heteroatoms. The minimum absolute atomic E-state index is 0.126. The zero-order valence-electron chi connectivity index (χ0n) is 13.6. The van der Waals surface area contributed by atoms with Crippen LogP contribution in [0.25, 0.3) is 0 Å². The van der Waals surface area contributed by atoms with Crippen LogP contribution in [0.3, 0.4) is 0 Å². The highest BCUT2D eigenvalue weighted by atomic mass is 19.1. The molecular formula is C20H18FNO3. The lowest BCUT2D eigenvalue weighted by atomic mass is 9.87. The minimum atomic E-state index is -0.944. The molecule has 2 aliphatic rings. The van der Waals surface area contributed by atoms with E-state index in [4.69, 9.17) is 0 Å². The van der Waals surface area contributed by atoms with Crippen molar-refractivity contribution >= 4 is 11.9 Å². The number of halogens is 1. The van der Waals surface area contributed by atoms with Gasteiger partial charge in [-0.15, -0.1) is 0 Å². The number of carbonyl (C=O) groups is 2. The number of hydrogen-bond acceptors (Lipinski definition) is 2. The van der Waals surface area contributed by atoms with Gasteiger partial charge in [0.15, 0.2) is 0 Å². The molecule has 1 fully saturated rings. The van der Waals surface area contributed by atoms with Crippen LogP contribution < -0.4 is 0 Å². The Morgan fingerprint density at radius 1 is 1.08 bits per heavy atom. The highest BCUT2D eigenvalue weighted by Crippen LogP contribution is 2.51. The molecule has 1 atom stereocenters. The number of benzene rings is 2. The lowest BCUT2D eigenvalue weighted by Crippen LogP contribution is -2.45. The summed E-state index contributed by atoms with van der Waals surface area (Å²) in [5.74, 6) is -2.23. The molecule has 0 radical (unpaired) electrons. The molecule has 0 spiro atoms. The second kappa shape index (κ2) is 5.69. The van der Waals surface area contributed by atoms with Crippen molar-refractivity contribution in [2.45, 2.75) is 30.7 Å². The summed E-state index contributed by atoms with van der Waals surface area (Å²) in [7, 11) is 0. The minimum Gasteiger partial charge on any atom is -0.481 e. The fourth-order valence-electron chi connectivity index (χ4n) is 3.85. The summed E-state index contributed by atoms with van der Waals surface area (Å²) >= 11 is 0. The van der Waals surface area contributed by atoms with E-state index < -0.39 is 17.3 Å². The van der Waals surface area contributed by atoms with Crippen LogP contribution >= 0.6 is 0 Å². The Labute approximate surface area is 144 Å². The third-order valence-electron chi connectivity index (χ3n) is 5.33. The Morgan fingerprint density at radius 3 is 2.44 bits per heavy atom. The van der Waals surface area contributed by atoms with E-state index in [1.807, 2.05) is 18.2 Å². The number of nitrogens with zero attached hydrogens (tertiary/aromatic N) is 1. The number of rotatable bonds is 3. The predicted octanol–water partition coefficient (Wildman–Crippen LogP) is 3.07. The topological polar surface area (TPSA) is 57.6 Å². The van der Waals surface area contributed by atoms with E-state index in [-0.39, 0.29) is 18.3 Å². The molecule has 4 rings (SSSR count). The van der Waals surface area contributed by atoms with E-state index in [1.165, 1.54) is 6.07 Å². The van der Waals surface area contributed by atoms with Gasteiger partial charge in [0.1, 0.15) is 5.82 Å². The van der Waals surface area contributed by atoms with Crippen LogP contribution in [0, 0.1) is 5.82 Å². The number of carboxylic acids is 1. The van der Waals surface area contributed by atoms with Crippen molar-refractivity contribution in [3.05, 3.63) is 71.0 Å². The maximum absolute atomic E-state index is 14.2. The number of carbonyl (C=O) groups excluding carboxylic acids is 1. The molecule has 2 aromatic carbocycles. The summed E-state index contributed by atoms with van der Waals surface area (Å²) in [6.07, 6.45) is 1.20. The predicted molar refractivity (Wildman–Crippen MR) is 89.5 cm³/mol. The molecule has 0 bridgehead atoms. The van der Waals surface area contributed by atoms with Crippen LogP contribution in [-0.4, -0.2) is 28.4 Å². The van der Waals surface area contributed by atoms with E-state index in [9.17, 15) is 19.1 Å². The summed E-state index contributed by atoms with van der Waals surface area (Å²) < 4.78 is 14.2. The van der Waals surface area contributed by atoms with Gasteiger partial charge >= 0.3 is 5.97 Å². The van der Waals surface area contributed by atoms with E-state index in [2.05, 4.69) is 0 Å². The molecule has 1 saturated carbocycles. The van der Waals surface area contributed by atoms with Gasteiger partial charge in [-0.1, -0.05) is 42.5 Å². The highest BCUT2D eigenvalue weighted by molar-refractivity contribution is 5.92. The fraction of sp³-hybridized carbons (Fsp3) is 0.300. The van der Waals surface area contributed by atoms with Gasteiger partial charge in [0.05, 0.1) is 11.3 Å². The normalized spacial score (nSPS) is 20.7. The molecule has 0 saturated heterocycles. The van der Waals surface area contributed by atoms with Crippen molar-refractivity contribution in [1.82, 2.24) is 4.90 Å². The van der Waals surface area contributed by atoms with E-state index in [0.717, 1.165) is 11.1 Å². The smallest absolute Gasteiger partial charge is 0.312 e. The Balaban J connectivity index is 1.68. The molecule has 1 unspecified atom stereocenters. The molecular weight excluding hydrogens is 321 g/mol. The van der Waals surface area contributed by atoms with Gasteiger partial charge in [0.25, 0.3) is 0 Å². The van der Waals surface area contributed by atoms with Crippen molar-refractivity contribution in [2.24, 2.45) is 0 Å². The summed E-state index contributed by atoms with van der Waals surface area (Å²) in [4.78, 5) is 26.4. The van der Waals surface area contributed by atoms with Crippen molar-refractivity contribution < 1.29 is 19.1 Å². The third-order valence-corrected chi connectivity index (χ3v) is 5.33. The first-order valence-electron chi connectivity index (χ1n) is 8.38. The average molecular weight is 339 g/mol. The standard InChI is InChI=1S/C20H18FNO3/c21-17-8-4-3-7-16(17)20(9-10-20)19(25)22-11-13-5-1-2-6-14(13)15(12-22)18(23)24/h1-8,15H,9-12H2,(H,23,24). The van der Waals surface area contributed by atoms with Gasteiger partial charge in [-0.25, -0.2) is 4.39 Å². The number of aliphatic carboxylic acids is 1. The Kier molecular flexibility index (Phi) is 3.60. The lowest BCUT2D eigenvalue weighted by molar-refractivity contribution is -0.142. The quantitative estimate of drug-likeness (QED) is 0.935. The van der Waals surface area contributed by atoms with Crippen LogP contribution in [0.2, 0.25) is 0 Å². The average Bonchev–Trinajstić information content (AvgIpc) is 3.42. The van der Waals surface area contributed by atoms with E-state index >= 15 is 0 Å². The Hall–Kier alpha value is -2.69. The molecule has 2 aromatic rings. The Morgan fingerprint density at radius 2 is 1.76 bits per heavy atom. The second-order valence-electron chi connectivity index (χ2n) is 6.84. The van der Waals surface area contributed by atoms with Gasteiger partial charge in [-0.05, 0) is 30.0 Å². The number of fused-ring (bicyclic) bond motifs is 1. The van der Waals surface area contributed by atoms with Crippen LogP contribution in [-0.2, 0) is 21.5 Å². The van der Waals surface area contributed by atoms with Gasteiger partial charge < -0.3 is 10.0 Å². The van der Waals surface area contributed by atoms with Crippen molar-refractivity contribution in [3.63, 3.8) is 0 Å². The first-order valence-corrected chi connectivity index (χ1v) is 8.38. The molecule has 1 amide bonds. The number of carboxylic acid groups (broad SMARTS) is 1. The summed E-state index contributed by atoms with van der Waals surface area (Å²) in [5, 5.41) is 9.57. The van der Waals surface area contributed by atoms with Crippen LogP contribution in [0.15, 0.2) is 48.5 Å². The molecule has 25 heavy (non-hydrogen) atoms. The van der Waals surface area contributed by atoms with Crippen molar-refractivity contribution in [1.29, 1.82) is 0 Å². The largest absolute Gasteiger partial charge is 0.481 e. The van der Waals surface area contributed by atoms with Crippen LogP contribution in [0.1, 0.15) is 35.4 Å². The Bertz CT molecular complexity index is 860. The van der Waals surface area contributed by atoms with Crippen LogP contribution in [0.4, 0.5) is 4.39 Å². The van der Waals surface area contributed by atoms with E-state index in [0.29, 0.717) is 24.9 Å².